The van der Waals surface area contributed by atoms with Crippen molar-refractivity contribution in [1.82, 2.24) is 14.5 Å². The van der Waals surface area contributed by atoms with Crippen LogP contribution in [0.4, 0.5) is 0 Å². The highest BCUT2D eigenvalue weighted by Gasteiger charge is 2.13. The van der Waals surface area contributed by atoms with Crippen molar-refractivity contribution in [1.29, 1.82) is 0 Å². The Morgan fingerprint density at radius 3 is 2.68 bits per heavy atom. The quantitative estimate of drug-likeness (QED) is 0.410. The Morgan fingerprint density at radius 2 is 1.84 bits per heavy atom. The van der Waals surface area contributed by atoms with Gasteiger partial charge in [0.25, 0.3) is 0 Å². The SMILES string of the molecule is O=C(OCCn1cnc2c(Cl)nc3ccccc3c21)c1ccccc1. The van der Waals surface area contributed by atoms with E-state index in [0.717, 1.165) is 16.4 Å². The monoisotopic (exact) mass is 351 g/mol. The van der Waals surface area contributed by atoms with E-state index in [2.05, 4.69) is 9.97 Å². The van der Waals surface area contributed by atoms with Gasteiger partial charge in [0.2, 0.25) is 0 Å². The zero-order chi connectivity index (χ0) is 17.2. The Kier molecular flexibility index (Phi) is 4.07. The molecule has 0 fully saturated rings. The van der Waals surface area contributed by atoms with Gasteiger partial charge in [0.05, 0.1) is 29.5 Å². The van der Waals surface area contributed by atoms with E-state index in [0.29, 0.717) is 22.8 Å². The average Bonchev–Trinajstić information content (AvgIpc) is 3.07. The van der Waals surface area contributed by atoms with Crippen molar-refractivity contribution in [3.05, 3.63) is 71.6 Å². The molecule has 0 aliphatic carbocycles. The number of carbonyl (C=O) groups excluding carboxylic acids is 1. The Hall–Kier alpha value is -2.92. The van der Waals surface area contributed by atoms with Crippen molar-refractivity contribution in [2.24, 2.45) is 0 Å². The fraction of sp³-hybridized carbons (Fsp3) is 0.105. The molecule has 124 valence electrons. The zero-order valence-corrected chi connectivity index (χ0v) is 14.0. The molecule has 0 atom stereocenters. The molecule has 2 heterocycles. The van der Waals surface area contributed by atoms with Crippen LogP contribution in [0.2, 0.25) is 5.15 Å². The second-order valence-electron chi connectivity index (χ2n) is 5.56. The molecule has 0 bridgehead atoms. The van der Waals surface area contributed by atoms with Gasteiger partial charge in [-0.15, -0.1) is 0 Å². The molecule has 0 amide bonds. The molecule has 0 saturated heterocycles. The van der Waals surface area contributed by atoms with Gasteiger partial charge in [-0.2, -0.15) is 0 Å². The second kappa shape index (κ2) is 6.53. The van der Waals surface area contributed by atoms with Crippen molar-refractivity contribution < 1.29 is 9.53 Å². The van der Waals surface area contributed by atoms with Crippen molar-refractivity contribution in [3.63, 3.8) is 0 Å². The number of fused-ring (bicyclic) bond motifs is 3. The Bertz CT molecular complexity index is 1060. The summed E-state index contributed by atoms with van der Waals surface area (Å²) >= 11 is 6.24. The van der Waals surface area contributed by atoms with Gasteiger partial charge in [0.1, 0.15) is 12.1 Å². The number of nitrogens with zero attached hydrogens (tertiary/aromatic N) is 3. The molecule has 4 rings (SSSR count). The molecular formula is C19H14ClN3O2. The van der Waals surface area contributed by atoms with Crippen LogP contribution in [0, 0.1) is 0 Å². The first-order chi connectivity index (χ1) is 12.2. The van der Waals surface area contributed by atoms with Gasteiger partial charge in [-0.25, -0.2) is 14.8 Å². The predicted octanol–water partition coefficient (Wildman–Crippen LogP) is 4.09. The molecule has 6 heteroatoms. The molecule has 0 radical (unpaired) electrons. The number of hydrogen-bond acceptors (Lipinski definition) is 4. The van der Waals surface area contributed by atoms with Crippen LogP contribution in [0.1, 0.15) is 10.4 Å². The molecule has 2 aromatic carbocycles. The van der Waals surface area contributed by atoms with Crippen LogP contribution < -0.4 is 0 Å². The number of imidazole rings is 1. The number of hydrogen-bond donors (Lipinski definition) is 0. The number of benzene rings is 2. The van der Waals surface area contributed by atoms with E-state index in [9.17, 15) is 4.79 Å². The summed E-state index contributed by atoms with van der Waals surface area (Å²) in [6.07, 6.45) is 1.70. The topological polar surface area (TPSA) is 57.0 Å². The van der Waals surface area contributed by atoms with Crippen LogP contribution >= 0.6 is 11.6 Å². The first kappa shape index (κ1) is 15.6. The summed E-state index contributed by atoms with van der Waals surface area (Å²) < 4.78 is 7.29. The molecule has 0 N–H and O–H groups in total. The number of rotatable bonds is 4. The van der Waals surface area contributed by atoms with Crippen molar-refractivity contribution in [2.45, 2.75) is 6.54 Å². The van der Waals surface area contributed by atoms with Crippen molar-refractivity contribution >= 4 is 39.5 Å². The second-order valence-corrected chi connectivity index (χ2v) is 5.91. The number of para-hydroxylation sites is 1. The summed E-state index contributed by atoms with van der Waals surface area (Å²) in [4.78, 5) is 20.7. The first-order valence-corrected chi connectivity index (χ1v) is 8.23. The summed E-state index contributed by atoms with van der Waals surface area (Å²) in [5.41, 5.74) is 2.89. The summed E-state index contributed by atoms with van der Waals surface area (Å²) in [5, 5.41) is 1.34. The van der Waals surface area contributed by atoms with Crippen LogP contribution in [0.3, 0.4) is 0 Å². The molecule has 25 heavy (non-hydrogen) atoms. The molecule has 2 aromatic heterocycles. The van der Waals surface area contributed by atoms with Gasteiger partial charge >= 0.3 is 5.97 Å². The molecule has 0 aliphatic rings. The summed E-state index contributed by atoms with van der Waals surface area (Å²) in [6, 6.07) is 16.7. The van der Waals surface area contributed by atoms with Gasteiger partial charge < -0.3 is 9.30 Å². The number of halogens is 1. The molecule has 5 nitrogen and oxygen atoms in total. The first-order valence-electron chi connectivity index (χ1n) is 7.85. The van der Waals surface area contributed by atoms with E-state index in [1.807, 2.05) is 34.9 Å². The lowest BCUT2D eigenvalue weighted by molar-refractivity contribution is 0.0492. The van der Waals surface area contributed by atoms with E-state index in [1.54, 1.807) is 30.6 Å². The van der Waals surface area contributed by atoms with Crippen LogP contribution in [0.25, 0.3) is 21.9 Å². The predicted molar refractivity (Wildman–Crippen MR) is 96.8 cm³/mol. The Balaban J connectivity index is 1.59. The molecule has 0 spiro atoms. The van der Waals surface area contributed by atoms with Gasteiger partial charge in [-0.05, 0) is 18.2 Å². The van der Waals surface area contributed by atoms with Gasteiger partial charge in [0, 0.05) is 5.39 Å². The molecule has 0 unspecified atom stereocenters. The van der Waals surface area contributed by atoms with E-state index in [1.165, 1.54) is 0 Å². The van der Waals surface area contributed by atoms with E-state index in [-0.39, 0.29) is 12.6 Å². The average molecular weight is 352 g/mol. The lowest BCUT2D eigenvalue weighted by Gasteiger charge is -2.08. The molecule has 0 saturated carbocycles. The summed E-state index contributed by atoms with van der Waals surface area (Å²) in [7, 11) is 0. The van der Waals surface area contributed by atoms with E-state index < -0.39 is 0 Å². The minimum Gasteiger partial charge on any atom is -0.460 e. The molecule has 4 aromatic rings. The third kappa shape index (κ3) is 2.94. The lowest BCUT2D eigenvalue weighted by atomic mass is 10.2. The standard InChI is InChI=1S/C19H14ClN3O2/c20-18-16-17(14-8-4-5-9-15(14)22-18)23(12-21-16)10-11-25-19(24)13-6-2-1-3-7-13/h1-9,12H,10-11H2. The maximum absolute atomic E-state index is 12.0. The van der Waals surface area contributed by atoms with Gasteiger partial charge in [-0.3, -0.25) is 0 Å². The maximum Gasteiger partial charge on any atom is 0.338 e. The third-order valence-corrected chi connectivity index (χ3v) is 4.25. The number of ether oxygens (including phenoxy) is 1. The Morgan fingerprint density at radius 1 is 1.08 bits per heavy atom. The Labute approximate surface area is 148 Å². The van der Waals surface area contributed by atoms with Crippen molar-refractivity contribution in [3.8, 4) is 0 Å². The number of pyridine rings is 1. The van der Waals surface area contributed by atoms with E-state index >= 15 is 0 Å². The highest BCUT2D eigenvalue weighted by atomic mass is 35.5. The number of esters is 1. The van der Waals surface area contributed by atoms with Crippen molar-refractivity contribution in [2.75, 3.05) is 6.61 Å². The smallest absolute Gasteiger partial charge is 0.338 e. The normalized spacial score (nSPS) is 11.1. The minimum atomic E-state index is -0.338. The zero-order valence-electron chi connectivity index (χ0n) is 13.2. The van der Waals surface area contributed by atoms with Gasteiger partial charge in [0.15, 0.2) is 5.15 Å². The lowest BCUT2D eigenvalue weighted by Crippen LogP contribution is -2.11. The molecular weight excluding hydrogens is 338 g/mol. The molecule has 0 aliphatic heterocycles. The fourth-order valence-corrected chi connectivity index (χ4v) is 3.04. The van der Waals surface area contributed by atoms with Crippen LogP contribution in [0.15, 0.2) is 60.9 Å². The number of aromatic nitrogens is 3. The van der Waals surface area contributed by atoms with Gasteiger partial charge in [-0.1, -0.05) is 48.0 Å². The third-order valence-electron chi connectivity index (χ3n) is 3.99. The summed E-state index contributed by atoms with van der Waals surface area (Å²) in [5.74, 6) is -0.338. The van der Waals surface area contributed by atoms with Crippen LogP contribution in [-0.4, -0.2) is 27.1 Å². The summed E-state index contributed by atoms with van der Waals surface area (Å²) in [6.45, 7) is 0.729. The fourth-order valence-electron chi connectivity index (χ4n) is 2.81. The highest BCUT2D eigenvalue weighted by Crippen LogP contribution is 2.28. The minimum absolute atomic E-state index is 0.244. The number of carbonyl (C=O) groups is 1. The van der Waals surface area contributed by atoms with Crippen LogP contribution in [0.5, 0.6) is 0 Å². The highest BCUT2D eigenvalue weighted by molar-refractivity contribution is 6.35. The maximum atomic E-state index is 12.0. The largest absolute Gasteiger partial charge is 0.460 e. The van der Waals surface area contributed by atoms with Crippen LogP contribution in [-0.2, 0) is 11.3 Å². The van der Waals surface area contributed by atoms with E-state index in [4.69, 9.17) is 16.3 Å².